The van der Waals surface area contributed by atoms with E-state index in [0.717, 1.165) is 11.3 Å². The highest BCUT2D eigenvalue weighted by atomic mass is 16.5. The van der Waals surface area contributed by atoms with Crippen molar-refractivity contribution in [3.05, 3.63) is 106 Å². The molecule has 0 saturated carbocycles. The maximum absolute atomic E-state index is 13.0. The molecule has 4 aromatic rings. The Morgan fingerprint density at radius 3 is 2.43 bits per heavy atom. The van der Waals surface area contributed by atoms with Gasteiger partial charge in [0, 0.05) is 0 Å². The maximum Gasteiger partial charge on any atom is 0.280 e. The molecule has 5 heteroatoms. The molecule has 0 atom stereocenters. The molecule has 1 N–H and O–H groups in total. The highest BCUT2D eigenvalue weighted by Crippen LogP contribution is 2.13. The van der Waals surface area contributed by atoms with Crippen LogP contribution in [0.2, 0.25) is 0 Å². The largest absolute Gasteiger partial charge is 0.486 e. The van der Waals surface area contributed by atoms with Gasteiger partial charge in [0.1, 0.15) is 12.4 Å². The van der Waals surface area contributed by atoms with E-state index in [4.69, 9.17) is 4.74 Å². The molecule has 0 aliphatic rings. The van der Waals surface area contributed by atoms with E-state index in [-0.39, 0.29) is 12.2 Å². The van der Waals surface area contributed by atoms with Crippen LogP contribution < -0.4 is 15.7 Å². The molecular formula is C23H21N3O2. The van der Waals surface area contributed by atoms with Gasteiger partial charge in [0.05, 0.1) is 17.4 Å². The molecule has 0 radical (unpaired) electrons. The second-order valence-electron chi connectivity index (χ2n) is 6.61. The van der Waals surface area contributed by atoms with Gasteiger partial charge in [0.25, 0.3) is 5.56 Å². The van der Waals surface area contributed by atoms with Crippen LogP contribution in [0, 0.1) is 6.92 Å². The van der Waals surface area contributed by atoms with Crippen LogP contribution >= 0.6 is 0 Å². The lowest BCUT2D eigenvalue weighted by Gasteiger charge is -2.16. The molecule has 0 spiro atoms. The van der Waals surface area contributed by atoms with Gasteiger partial charge >= 0.3 is 0 Å². The summed E-state index contributed by atoms with van der Waals surface area (Å²) in [4.78, 5) is 17.7. The standard InChI is InChI=1S/C23H21N3O2/c1-17-11-13-18(14-12-17)15-24-26-22(16-28-19-7-3-2-4-8-19)25-21-10-6-5-9-20(21)23(26)27/h2-14,24H,15-16H2,1H3. The summed E-state index contributed by atoms with van der Waals surface area (Å²) in [5.74, 6) is 1.26. The SMILES string of the molecule is Cc1ccc(CNn2c(COc3ccccc3)nc3ccccc3c2=O)cc1. The minimum atomic E-state index is -0.135. The molecule has 4 rings (SSSR count). The van der Waals surface area contributed by atoms with Crippen molar-refractivity contribution in [2.45, 2.75) is 20.1 Å². The van der Waals surface area contributed by atoms with Crippen LogP contribution in [-0.2, 0) is 13.2 Å². The summed E-state index contributed by atoms with van der Waals surface area (Å²) in [6.07, 6.45) is 0. The van der Waals surface area contributed by atoms with Crippen LogP contribution in [0.3, 0.4) is 0 Å². The number of benzene rings is 3. The summed E-state index contributed by atoms with van der Waals surface area (Å²) in [5, 5.41) is 0.572. The molecule has 0 aliphatic heterocycles. The van der Waals surface area contributed by atoms with E-state index in [1.54, 1.807) is 6.07 Å². The summed E-state index contributed by atoms with van der Waals surface area (Å²) < 4.78 is 7.33. The first-order chi connectivity index (χ1) is 13.7. The number of nitrogens with one attached hydrogen (secondary N) is 1. The summed E-state index contributed by atoms with van der Waals surface area (Å²) in [5.41, 5.74) is 6.02. The van der Waals surface area contributed by atoms with Crippen molar-refractivity contribution >= 4 is 10.9 Å². The molecule has 1 aromatic heterocycles. The predicted molar refractivity (Wildman–Crippen MR) is 111 cm³/mol. The molecule has 5 nitrogen and oxygen atoms in total. The molecule has 0 saturated heterocycles. The Labute approximate surface area is 163 Å². The Kier molecular flexibility index (Phi) is 5.06. The van der Waals surface area contributed by atoms with Crippen molar-refractivity contribution in [3.63, 3.8) is 0 Å². The zero-order valence-electron chi connectivity index (χ0n) is 15.6. The van der Waals surface area contributed by atoms with Crippen LogP contribution in [0.25, 0.3) is 10.9 Å². The van der Waals surface area contributed by atoms with Gasteiger partial charge < -0.3 is 10.2 Å². The van der Waals surface area contributed by atoms with Gasteiger partial charge in [-0.05, 0) is 36.8 Å². The Hall–Kier alpha value is -3.60. The second-order valence-corrected chi connectivity index (χ2v) is 6.61. The van der Waals surface area contributed by atoms with Gasteiger partial charge in [0.15, 0.2) is 5.82 Å². The Bertz CT molecular complexity index is 1140. The van der Waals surface area contributed by atoms with Crippen molar-refractivity contribution in [3.8, 4) is 5.75 Å². The van der Waals surface area contributed by atoms with Crippen molar-refractivity contribution in [1.29, 1.82) is 0 Å². The number of para-hydroxylation sites is 2. The number of fused-ring (bicyclic) bond motifs is 1. The van der Waals surface area contributed by atoms with E-state index in [1.807, 2.05) is 67.6 Å². The summed E-state index contributed by atoms with van der Waals surface area (Å²) in [6.45, 7) is 2.75. The average molecular weight is 371 g/mol. The van der Waals surface area contributed by atoms with E-state index in [9.17, 15) is 4.79 Å². The number of aryl methyl sites for hydroxylation is 1. The van der Waals surface area contributed by atoms with E-state index in [1.165, 1.54) is 10.2 Å². The van der Waals surface area contributed by atoms with E-state index < -0.39 is 0 Å². The van der Waals surface area contributed by atoms with Crippen molar-refractivity contribution in [2.24, 2.45) is 0 Å². The molecule has 1 heterocycles. The Morgan fingerprint density at radius 1 is 0.929 bits per heavy atom. The highest BCUT2D eigenvalue weighted by Gasteiger charge is 2.11. The first-order valence-corrected chi connectivity index (χ1v) is 9.19. The third-order valence-electron chi connectivity index (χ3n) is 4.52. The fourth-order valence-corrected chi connectivity index (χ4v) is 2.98. The van der Waals surface area contributed by atoms with Crippen molar-refractivity contribution in [2.75, 3.05) is 5.43 Å². The molecule has 140 valence electrons. The first-order valence-electron chi connectivity index (χ1n) is 9.19. The smallest absolute Gasteiger partial charge is 0.280 e. The average Bonchev–Trinajstić information content (AvgIpc) is 2.74. The highest BCUT2D eigenvalue weighted by molar-refractivity contribution is 5.77. The molecule has 0 aliphatic carbocycles. The summed E-state index contributed by atoms with van der Waals surface area (Å²) >= 11 is 0. The van der Waals surface area contributed by atoms with Crippen LogP contribution in [-0.4, -0.2) is 9.66 Å². The normalized spacial score (nSPS) is 10.8. The molecule has 0 fully saturated rings. The van der Waals surface area contributed by atoms with Gasteiger partial charge in [-0.25, -0.2) is 9.66 Å². The predicted octanol–water partition coefficient (Wildman–Crippen LogP) is 4.03. The summed E-state index contributed by atoms with van der Waals surface area (Å²) in [6, 6.07) is 25.0. The first kappa shape index (κ1) is 17.8. The van der Waals surface area contributed by atoms with E-state index in [2.05, 4.69) is 22.5 Å². The fraction of sp³-hybridized carbons (Fsp3) is 0.130. The number of aromatic nitrogens is 2. The van der Waals surface area contributed by atoms with E-state index >= 15 is 0 Å². The van der Waals surface area contributed by atoms with Gasteiger partial charge in [-0.2, -0.15) is 0 Å². The fourth-order valence-electron chi connectivity index (χ4n) is 2.98. The number of nitrogens with zero attached hydrogens (tertiary/aromatic N) is 2. The molecule has 0 bridgehead atoms. The lowest BCUT2D eigenvalue weighted by molar-refractivity contribution is 0.290. The molecule has 0 amide bonds. The third kappa shape index (κ3) is 3.88. The van der Waals surface area contributed by atoms with Gasteiger partial charge in [-0.15, -0.1) is 0 Å². The quantitative estimate of drug-likeness (QED) is 0.556. The zero-order chi connectivity index (χ0) is 19.3. The number of hydrogen-bond donors (Lipinski definition) is 1. The molecular weight excluding hydrogens is 350 g/mol. The monoisotopic (exact) mass is 371 g/mol. The van der Waals surface area contributed by atoms with Crippen molar-refractivity contribution < 1.29 is 4.74 Å². The zero-order valence-corrected chi connectivity index (χ0v) is 15.6. The van der Waals surface area contributed by atoms with Crippen LogP contribution in [0.4, 0.5) is 0 Å². The number of rotatable bonds is 6. The van der Waals surface area contributed by atoms with Crippen molar-refractivity contribution in [1.82, 2.24) is 9.66 Å². The second kappa shape index (κ2) is 7.96. The minimum absolute atomic E-state index is 0.135. The Morgan fingerprint density at radius 2 is 1.64 bits per heavy atom. The Balaban J connectivity index is 1.66. The molecule has 28 heavy (non-hydrogen) atoms. The van der Waals surface area contributed by atoms with Gasteiger partial charge in [-0.3, -0.25) is 4.79 Å². The minimum Gasteiger partial charge on any atom is -0.486 e. The number of ether oxygens (including phenoxy) is 1. The lowest BCUT2D eigenvalue weighted by atomic mass is 10.1. The molecule has 0 unspecified atom stereocenters. The van der Waals surface area contributed by atoms with Crippen LogP contribution in [0.1, 0.15) is 17.0 Å². The van der Waals surface area contributed by atoms with Gasteiger partial charge in [-0.1, -0.05) is 60.2 Å². The molecule has 3 aromatic carbocycles. The summed E-state index contributed by atoms with van der Waals surface area (Å²) in [7, 11) is 0. The lowest BCUT2D eigenvalue weighted by Crippen LogP contribution is -2.33. The van der Waals surface area contributed by atoms with Gasteiger partial charge in [0.2, 0.25) is 0 Å². The van der Waals surface area contributed by atoms with Crippen LogP contribution in [0.5, 0.6) is 5.75 Å². The van der Waals surface area contributed by atoms with Crippen LogP contribution in [0.15, 0.2) is 83.7 Å². The van der Waals surface area contributed by atoms with E-state index in [0.29, 0.717) is 23.3 Å². The third-order valence-corrected chi connectivity index (χ3v) is 4.52. The topological polar surface area (TPSA) is 56.1 Å². The maximum atomic E-state index is 13.0. The number of hydrogen-bond acceptors (Lipinski definition) is 4.